The molecule has 0 aromatic carbocycles. The molecule has 0 bridgehead atoms. The summed E-state index contributed by atoms with van der Waals surface area (Å²) in [4.78, 5) is 2.56. The summed E-state index contributed by atoms with van der Waals surface area (Å²) in [5.74, 6) is 0. The van der Waals surface area contributed by atoms with Crippen LogP contribution in [-0.4, -0.2) is 40.4 Å². The van der Waals surface area contributed by atoms with Gasteiger partial charge in [-0.1, -0.05) is 13.8 Å². The molecule has 0 spiro atoms. The fourth-order valence-electron chi connectivity index (χ4n) is 2.96. The maximum Gasteiger partial charge on any atom is 0.0666 e. The highest BCUT2D eigenvalue weighted by atomic mass is 15.3. The van der Waals surface area contributed by atoms with E-state index in [1.54, 1.807) is 0 Å². The predicted molar refractivity (Wildman–Crippen MR) is 79.2 cm³/mol. The minimum atomic E-state index is 0.668. The predicted octanol–water partition coefficient (Wildman–Crippen LogP) is 1.95. The van der Waals surface area contributed by atoms with Gasteiger partial charge in [0, 0.05) is 31.4 Å². The van der Waals surface area contributed by atoms with E-state index in [1.807, 2.05) is 11.7 Å². The van der Waals surface area contributed by atoms with Crippen LogP contribution < -0.4 is 5.32 Å². The molecule has 2 rings (SSSR count). The van der Waals surface area contributed by atoms with Gasteiger partial charge in [-0.05, 0) is 45.3 Å². The molecule has 1 aromatic rings. The average molecular weight is 264 g/mol. The molecule has 1 aromatic heterocycles. The Morgan fingerprint density at radius 3 is 2.89 bits per heavy atom. The van der Waals surface area contributed by atoms with Gasteiger partial charge in [0.2, 0.25) is 0 Å². The Morgan fingerprint density at radius 2 is 2.16 bits per heavy atom. The molecule has 1 saturated heterocycles. The first-order valence-corrected chi connectivity index (χ1v) is 7.70. The third-order valence-electron chi connectivity index (χ3n) is 4.18. The van der Waals surface area contributed by atoms with E-state index in [-0.39, 0.29) is 0 Å². The van der Waals surface area contributed by atoms with Crippen LogP contribution in [0.15, 0.2) is 6.20 Å². The normalized spacial score (nSPS) is 21.5. The first-order chi connectivity index (χ1) is 9.22. The van der Waals surface area contributed by atoms with Crippen molar-refractivity contribution < 1.29 is 0 Å². The summed E-state index contributed by atoms with van der Waals surface area (Å²) in [6.45, 7) is 9.10. The monoisotopic (exact) mass is 264 g/mol. The molecular weight excluding hydrogens is 236 g/mol. The van der Waals surface area contributed by atoms with Crippen molar-refractivity contribution in [2.75, 3.05) is 19.6 Å². The number of aryl methyl sites for hydroxylation is 2. The highest BCUT2D eigenvalue weighted by Crippen LogP contribution is 2.13. The second-order valence-corrected chi connectivity index (χ2v) is 5.57. The lowest BCUT2D eigenvalue weighted by atomic mass is 10.1. The van der Waals surface area contributed by atoms with Gasteiger partial charge in [-0.15, -0.1) is 0 Å². The minimum absolute atomic E-state index is 0.668. The van der Waals surface area contributed by atoms with Crippen LogP contribution in [0.25, 0.3) is 0 Å². The SMILES string of the molecule is CCc1nn(C)cc1CNC1CCCN(CC)CC1. The lowest BCUT2D eigenvalue weighted by Crippen LogP contribution is -2.30. The number of nitrogens with one attached hydrogen (secondary N) is 1. The number of aromatic nitrogens is 2. The minimum Gasteiger partial charge on any atom is -0.310 e. The Labute approximate surface area is 117 Å². The highest BCUT2D eigenvalue weighted by molar-refractivity contribution is 5.16. The summed E-state index contributed by atoms with van der Waals surface area (Å²) in [7, 11) is 2.01. The molecule has 1 atom stereocenters. The third kappa shape index (κ3) is 4.05. The van der Waals surface area contributed by atoms with Gasteiger partial charge in [0.1, 0.15) is 0 Å². The molecule has 1 unspecified atom stereocenters. The lowest BCUT2D eigenvalue weighted by Gasteiger charge is -2.18. The molecule has 1 aliphatic rings. The molecule has 2 heterocycles. The van der Waals surface area contributed by atoms with Crippen LogP contribution in [0.1, 0.15) is 44.4 Å². The van der Waals surface area contributed by atoms with Gasteiger partial charge in [-0.25, -0.2) is 0 Å². The van der Waals surface area contributed by atoms with Crippen LogP contribution in [0.5, 0.6) is 0 Å². The fraction of sp³-hybridized carbons (Fsp3) is 0.800. The maximum atomic E-state index is 4.51. The van der Waals surface area contributed by atoms with Crippen molar-refractivity contribution >= 4 is 0 Å². The summed E-state index contributed by atoms with van der Waals surface area (Å²) < 4.78 is 1.93. The summed E-state index contributed by atoms with van der Waals surface area (Å²) in [5, 5.41) is 8.24. The molecular formula is C15H28N4. The molecule has 0 amide bonds. The summed E-state index contributed by atoms with van der Waals surface area (Å²) in [5.41, 5.74) is 2.60. The van der Waals surface area contributed by atoms with E-state index in [9.17, 15) is 0 Å². The molecule has 19 heavy (non-hydrogen) atoms. The van der Waals surface area contributed by atoms with Crippen molar-refractivity contribution in [2.24, 2.45) is 7.05 Å². The number of nitrogens with zero attached hydrogens (tertiary/aromatic N) is 3. The first kappa shape index (κ1) is 14.5. The van der Waals surface area contributed by atoms with E-state index in [1.165, 1.54) is 50.2 Å². The Hall–Kier alpha value is -0.870. The number of likely N-dealkylation sites (tertiary alicyclic amines) is 1. The van der Waals surface area contributed by atoms with Crippen LogP contribution >= 0.6 is 0 Å². The van der Waals surface area contributed by atoms with Crippen LogP contribution in [-0.2, 0) is 20.0 Å². The van der Waals surface area contributed by atoms with Crippen LogP contribution in [0.2, 0.25) is 0 Å². The summed E-state index contributed by atoms with van der Waals surface area (Å²) in [6, 6.07) is 0.668. The topological polar surface area (TPSA) is 33.1 Å². The Kier molecular flexibility index (Phi) is 5.40. The van der Waals surface area contributed by atoms with Crippen molar-refractivity contribution in [2.45, 2.75) is 52.1 Å². The van der Waals surface area contributed by atoms with E-state index in [2.05, 4.69) is 35.4 Å². The van der Waals surface area contributed by atoms with Gasteiger partial charge >= 0.3 is 0 Å². The smallest absolute Gasteiger partial charge is 0.0666 e. The largest absolute Gasteiger partial charge is 0.310 e. The molecule has 4 heteroatoms. The average Bonchev–Trinajstić information content (AvgIpc) is 2.63. The zero-order valence-electron chi connectivity index (χ0n) is 12.7. The van der Waals surface area contributed by atoms with E-state index < -0.39 is 0 Å². The highest BCUT2D eigenvalue weighted by Gasteiger charge is 2.16. The molecule has 1 aliphatic heterocycles. The van der Waals surface area contributed by atoms with Gasteiger partial charge in [-0.3, -0.25) is 4.68 Å². The zero-order valence-corrected chi connectivity index (χ0v) is 12.7. The van der Waals surface area contributed by atoms with Gasteiger partial charge in [0.15, 0.2) is 0 Å². The first-order valence-electron chi connectivity index (χ1n) is 7.70. The van der Waals surface area contributed by atoms with E-state index in [0.717, 1.165) is 13.0 Å². The van der Waals surface area contributed by atoms with Crippen molar-refractivity contribution in [3.8, 4) is 0 Å². The van der Waals surface area contributed by atoms with Gasteiger partial charge in [-0.2, -0.15) is 5.10 Å². The van der Waals surface area contributed by atoms with E-state index >= 15 is 0 Å². The van der Waals surface area contributed by atoms with Gasteiger partial charge in [0.05, 0.1) is 5.69 Å². The second kappa shape index (κ2) is 7.06. The number of hydrogen-bond donors (Lipinski definition) is 1. The van der Waals surface area contributed by atoms with E-state index in [4.69, 9.17) is 0 Å². The van der Waals surface area contributed by atoms with Crippen molar-refractivity contribution in [1.29, 1.82) is 0 Å². The number of rotatable bonds is 5. The maximum absolute atomic E-state index is 4.51. The molecule has 1 fully saturated rings. The molecule has 0 aliphatic carbocycles. The third-order valence-corrected chi connectivity index (χ3v) is 4.18. The summed E-state index contributed by atoms with van der Waals surface area (Å²) in [6.07, 6.45) is 7.07. The summed E-state index contributed by atoms with van der Waals surface area (Å²) >= 11 is 0. The Balaban J connectivity index is 1.84. The van der Waals surface area contributed by atoms with Crippen molar-refractivity contribution in [1.82, 2.24) is 20.0 Å². The standard InChI is InChI=1S/C15H28N4/c1-4-15-13(12-18(3)17-15)11-16-14-7-6-9-19(5-2)10-8-14/h12,14,16H,4-11H2,1-3H3. The fourth-order valence-corrected chi connectivity index (χ4v) is 2.96. The van der Waals surface area contributed by atoms with Gasteiger partial charge in [0.25, 0.3) is 0 Å². The van der Waals surface area contributed by atoms with Gasteiger partial charge < -0.3 is 10.2 Å². The quantitative estimate of drug-likeness (QED) is 0.882. The van der Waals surface area contributed by atoms with Crippen molar-refractivity contribution in [3.63, 3.8) is 0 Å². The number of hydrogen-bond acceptors (Lipinski definition) is 3. The zero-order chi connectivity index (χ0) is 13.7. The Morgan fingerprint density at radius 1 is 1.32 bits per heavy atom. The molecule has 108 valence electrons. The molecule has 4 nitrogen and oxygen atoms in total. The van der Waals surface area contributed by atoms with Crippen LogP contribution in [0, 0.1) is 0 Å². The Bertz CT molecular complexity index is 385. The molecule has 0 saturated carbocycles. The van der Waals surface area contributed by atoms with Crippen LogP contribution in [0.4, 0.5) is 0 Å². The van der Waals surface area contributed by atoms with Crippen LogP contribution in [0.3, 0.4) is 0 Å². The lowest BCUT2D eigenvalue weighted by molar-refractivity contribution is 0.297. The van der Waals surface area contributed by atoms with Crippen molar-refractivity contribution in [3.05, 3.63) is 17.5 Å². The molecule has 1 N–H and O–H groups in total. The molecule has 0 radical (unpaired) electrons. The van der Waals surface area contributed by atoms with E-state index in [0.29, 0.717) is 6.04 Å². The second-order valence-electron chi connectivity index (χ2n) is 5.57.